The van der Waals surface area contributed by atoms with Gasteiger partial charge >= 0.3 is 0 Å². The largest absolute Gasteiger partial charge is 0.418 e. The smallest absolute Gasteiger partial charge is 0.240 e. The SMILES string of the molecule is N#Cc1nc(-c2cccs2)oc1NC[C@@H](c1ccccc1Cl)N1CCOCC1. The van der Waals surface area contributed by atoms with Gasteiger partial charge in [0.1, 0.15) is 6.07 Å². The number of rotatable bonds is 6. The number of hydrogen-bond donors (Lipinski definition) is 1. The van der Waals surface area contributed by atoms with Crippen LogP contribution in [-0.4, -0.2) is 42.7 Å². The molecule has 0 aliphatic carbocycles. The van der Waals surface area contributed by atoms with Crippen LogP contribution in [0.4, 0.5) is 5.88 Å². The van der Waals surface area contributed by atoms with Gasteiger partial charge in [0.2, 0.25) is 17.5 Å². The number of anilines is 1. The summed E-state index contributed by atoms with van der Waals surface area (Å²) in [4.78, 5) is 7.54. The molecule has 2 aromatic heterocycles. The Hall–Kier alpha value is -2.37. The summed E-state index contributed by atoms with van der Waals surface area (Å²) in [6, 6.07) is 13.8. The average molecular weight is 415 g/mol. The van der Waals surface area contributed by atoms with Crippen molar-refractivity contribution in [2.75, 3.05) is 38.2 Å². The highest BCUT2D eigenvalue weighted by Gasteiger charge is 2.25. The minimum atomic E-state index is 0.0273. The lowest BCUT2D eigenvalue weighted by molar-refractivity contribution is 0.0186. The van der Waals surface area contributed by atoms with Crippen LogP contribution in [0.15, 0.2) is 46.2 Å². The van der Waals surface area contributed by atoms with Crippen molar-refractivity contribution >= 4 is 28.8 Å². The van der Waals surface area contributed by atoms with E-state index in [1.165, 1.54) is 11.3 Å². The van der Waals surface area contributed by atoms with Crippen LogP contribution in [0.2, 0.25) is 5.02 Å². The van der Waals surface area contributed by atoms with Crippen LogP contribution in [0, 0.1) is 11.3 Å². The molecule has 1 aliphatic heterocycles. The first-order chi connectivity index (χ1) is 13.8. The molecule has 0 amide bonds. The molecular formula is C20H19ClN4O2S. The molecule has 3 heterocycles. The first kappa shape index (κ1) is 19.0. The van der Waals surface area contributed by atoms with E-state index in [4.69, 9.17) is 20.8 Å². The molecule has 0 bridgehead atoms. The molecular weight excluding hydrogens is 396 g/mol. The van der Waals surface area contributed by atoms with Crippen molar-refractivity contribution in [1.82, 2.24) is 9.88 Å². The van der Waals surface area contributed by atoms with Gasteiger partial charge in [0.25, 0.3) is 0 Å². The van der Waals surface area contributed by atoms with Gasteiger partial charge in [-0.25, -0.2) is 0 Å². The molecule has 3 aromatic rings. The second-order valence-electron chi connectivity index (χ2n) is 6.35. The molecule has 144 valence electrons. The standard InChI is InChI=1S/C20H19ClN4O2S/c21-15-5-2-1-4-14(15)17(25-7-9-26-10-8-25)13-23-19-16(12-22)24-20(27-19)18-6-3-11-28-18/h1-6,11,17,23H,7-10,13H2/t17-/m0/s1. The van der Waals surface area contributed by atoms with Gasteiger partial charge in [-0.1, -0.05) is 35.9 Å². The van der Waals surface area contributed by atoms with Gasteiger partial charge in [-0.05, 0) is 23.1 Å². The first-order valence-corrected chi connectivity index (χ1v) is 10.3. The van der Waals surface area contributed by atoms with Crippen LogP contribution in [0.25, 0.3) is 10.8 Å². The molecule has 0 unspecified atom stereocenters. The Kier molecular flexibility index (Phi) is 5.93. The van der Waals surface area contributed by atoms with E-state index in [0.29, 0.717) is 31.5 Å². The third-order valence-corrected chi connectivity index (χ3v) is 5.87. The Morgan fingerprint density at radius 2 is 2.07 bits per heavy atom. The van der Waals surface area contributed by atoms with Crippen molar-refractivity contribution in [3.63, 3.8) is 0 Å². The minimum Gasteiger partial charge on any atom is -0.418 e. The Balaban J connectivity index is 1.58. The fourth-order valence-corrected chi connectivity index (χ4v) is 4.19. The summed E-state index contributed by atoms with van der Waals surface area (Å²) in [6.07, 6.45) is 0. The zero-order valence-electron chi connectivity index (χ0n) is 15.1. The topological polar surface area (TPSA) is 74.3 Å². The van der Waals surface area contributed by atoms with Crippen LogP contribution >= 0.6 is 22.9 Å². The van der Waals surface area contributed by atoms with Gasteiger partial charge in [0.05, 0.1) is 24.1 Å². The summed E-state index contributed by atoms with van der Waals surface area (Å²) in [7, 11) is 0. The molecule has 4 rings (SSSR count). The maximum absolute atomic E-state index is 9.45. The number of morpholine rings is 1. The van der Waals surface area contributed by atoms with Crippen LogP contribution in [-0.2, 0) is 4.74 Å². The zero-order chi connectivity index (χ0) is 19.3. The molecule has 1 aromatic carbocycles. The van der Waals surface area contributed by atoms with Crippen molar-refractivity contribution in [3.05, 3.63) is 58.1 Å². The van der Waals surface area contributed by atoms with Crippen molar-refractivity contribution in [1.29, 1.82) is 5.26 Å². The summed E-state index contributed by atoms with van der Waals surface area (Å²) in [5, 5.41) is 15.4. The molecule has 0 spiro atoms. The molecule has 28 heavy (non-hydrogen) atoms. The molecule has 1 atom stereocenters. The van der Waals surface area contributed by atoms with Crippen molar-refractivity contribution in [2.45, 2.75) is 6.04 Å². The summed E-state index contributed by atoms with van der Waals surface area (Å²) in [5.74, 6) is 0.839. The average Bonchev–Trinajstić information content (AvgIpc) is 3.40. The van der Waals surface area contributed by atoms with Gasteiger partial charge in [0, 0.05) is 24.7 Å². The molecule has 8 heteroatoms. The third-order valence-electron chi connectivity index (χ3n) is 4.67. The minimum absolute atomic E-state index is 0.0273. The number of halogens is 1. The number of ether oxygens (including phenoxy) is 1. The van der Waals surface area contributed by atoms with Gasteiger partial charge in [-0.2, -0.15) is 10.2 Å². The first-order valence-electron chi connectivity index (χ1n) is 9.01. The Morgan fingerprint density at radius 1 is 1.25 bits per heavy atom. The van der Waals surface area contributed by atoms with Crippen LogP contribution in [0.5, 0.6) is 0 Å². The van der Waals surface area contributed by atoms with Crippen LogP contribution < -0.4 is 5.32 Å². The van der Waals surface area contributed by atoms with Crippen molar-refractivity contribution < 1.29 is 9.15 Å². The van der Waals surface area contributed by atoms with Crippen molar-refractivity contribution in [2.24, 2.45) is 0 Å². The van der Waals surface area contributed by atoms with Gasteiger partial charge in [-0.3, -0.25) is 4.90 Å². The Morgan fingerprint density at radius 3 is 2.79 bits per heavy atom. The molecule has 0 radical (unpaired) electrons. The second-order valence-corrected chi connectivity index (χ2v) is 7.71. The fraction of sp³-hybridized carbons (Fsp3) is 0.300. The number of benzene rings is 1. The van der Waals surface area contributed by atoms with Gasteiger partial charge < -0.3 is 14.5 Å². The monoisotopic (exact) mass is 414 g/mol. The lowest BCUT2D eigenvalue weighted by atomic mass is 10.0. The summed E-state index contributed by atoms with van der Waals surface area (Å²) >= 11 is 8.00. The van der Waals surface area contributed by atoms with E-state index in [1.54, 1.807) is 0 Å². The lowest BCUT2D eigenvalue weighted by Gasteiger charge is -2.35. The molecule has 1 aliphatic rings. The van der Waals surface area contributed by atoms with Gasteiger partial charge in [-0.15, -0.1) is 11.3 Å². The zero-order valence-corrected chi connectivity index (χ0v) is 16.7. The second kappa shape index (κ2) is 8.76. The molecule has 1 fully saturated rings. The fourth-order valence-electron chi connectivity index (χ4n) is 3.28. The highest BCUT2D eigenvalue weighted by Crippen LogP contribution is 2.31. The van der Waals surface area contributed by atoms with Crippen molar-refractivity contribution in [3.8, 4) is 16.8 Å². The number of nitriles is 1. The number of aromatic nitrogens is 1. The van der Waals surface area contributed by atoms with E-state index in [0.717, 1.165) is 28.6 Å². The highest BCUT2D eigenvalue weighted by atomic mass is 35.5. The predicted molar refractivity (Wildman–Crippen MR) is 110 cm³/mol. The lowest BCUT2D eigenvalue weighted by Crippen LogP contribution is -2.41. The Bertz CT molecular complexity index is 961. The molecule has 6 nitrogen and oxygen atoms in total. The molecule has 0 saturated carbocycles. The maximum atomic E-state index is 9.45. The number of nitrogens with zero attached hydrogens (tertiary/aromatic N) is 3. The van der Waals surface area contributed by atoms with E-state index in [1.807, 2.05) is 41.8 Å². The maximum Gasteiger partial charge on any atom is 0.240 e. The quantitative estimate of drug-likeness (QED) is 0.643. The number of oxazole rings is 1. The number of hydrogen-bond acceptors (Lipinski definition) is 7. The third kappa shape index (κ3) is 4.05. The molecule has 1 N–H and O–H groups in total. The number of nitrogens with one attached hydrogen (secondary N) is 1. The van der Waals surface area contributed by atoms with E-state index < -0.39 is 0 Å². The molecule has 1 saturated heterocycles. The summed E-state index contributed by atoms with van der Waals surface area (Å²) in [6.45, 7) is 3.56. The normalized spacial score (nSPS) is 15.9. The highest BCUT2D eigenvalue weighted by molar-refractivity contribution is 7.13. The van der Waals surface area contributed by atoms with E-state index >= 15 is 0 Å². The van der Waals surface area contributed by atoms with Gasteiger partial charge in [0.15, 0.2) is 0 Å². The van der Waals surface area contributed by atoms with E-state index in [9.17, 15) is 5.26 Å². The summed E-state index contributed by atoms with van der Waals surface area (Å²) in [5.41, 5.74) is 1.29. The summed E-state index contributed by atoms with van der Waals surface area (Å²) < 4.78 is 11.3. The predicted octanol–water partition coefficient (Wildman–Crippen LogP) is 4.41. The Labute approximate surface area is 172 Å². The van der Waals surface area contributed by atoms with E-state index in [2.05, 4.69) is 21.3 Å². The van der Waals surface area contributed by atoms with E-state index in [-0.39, 0.29) is 11.7 Å². The van der Waals surface area contributed by atoms with Crippen LogP contribution in [0.3, 0.4) is 0 Å². The van der Waals surface area contributed by atoms with Crippen LogP contribution in [0.1, 0.15) is 17.3 Å². The number of thiophene rings is 1.